The smallest absolute Gasteiger partial charge is 0.203 e. The quantitative estimate of drug-likeness (QED) is 0.789. The lowest BCUT2D eigenvalue weighted by Gasteiger charge is -2.17. The maximum Gasteiger partial charge on any atom is 0.203 e. The molecule has 2 aromatic rings. The molecule has 2 aromatic carbocycles. The van der Waals surface area contributed by atoms with E-state index in [1.54, 1.807) is 12.1 Å². The highest BCUT2D eigenvalue weighted by Gasteiger charge is 2.25. The van der Waals surface area contributed by atoms with Crippen LogP contribution in [0.1, 0.15) is 37.3 Å². The molecular weight excluding hydrogens is 292 g/mol. The van der Waals surface area contributed by atoms with Crippen LogP contribution in [0.2, 0.25) is 0 Å². The first-order valence-electron chi connectivity index (χ1n) is 7.53. The number of hydrogen-bond donors (Lipinski definition) is 0. The summed E-state index contributed by atoms with van der Waals surface area (Å²) in [5, 5.41) is 0. The van der Waals surface area contributed by atoms with Crippen LogP contribution >= 0.6 is 0 Å². The molecule has 0 aliphatic rings. The molecule has 0 saturated heterocycles. The van der Waals surface area contributed by atoms with E-state index in [1.807, 2.05) is 69.3 Å². The van der Waals surface area contributed by atoms with E-state index in [1.165, 1.54) is 0 Å². The van der Waals surface area contributed by atoms with Gasteiger partial charge in [-0.2, -0.15) is 0 Å². The Labute approximate surface area is 133 Å². The van der Waals surface area contributed by atoms with E-state index in [4.69, 9.17) is 0 Å². The maximum atomic E-state index is 13.0. The predicted octanol–water partition coefficient (Wildman–Crippen LogP) is 4.87. The van der Waals surface area contributed by atoms with Crippen LogP contribution < -0.4 is 0 Å². The zero-order valence-corrected chi connectivity index (χ0v) is 14.1. The summed E-state index contributed by atoms with van der Waals surface area (Å²) in [5.74, 6) is -0.160. The Morgan fingerprint density at radius 2 is 1.64 bits per heavy atom. The van der Waals surface area contributed by atoms with Crippen molar-refractivity contribution in [3.8, 4) is 0 Å². The lowest BCUT2D eigenvalue weighted by Crippen LogP contribution is -2.11. The second-order valence-electron chi connectivity index (χ2n) is 5.46. The van der Waals surface area contributed by atoms with E-state index >= 15 is 0 Å². The molecule has 2 nitrogen and oxygen atoms in total. The van der Waals surface area contributed by atoms with Crippen LogP contribution in [0.25, 0.3) is 0 Å². The Morgan fingerprint density at radius 1 is 1.05 bits per heavy atom. The van der Waals surface area contributed by atoms with E-state index in [9.17, 15) is 8.42 Å². The fraction of sp³-hybridized carbons (Fsp3) is 0.263. The molecule has 116 valence electrons. The molecule has 0 heterocycles. The van der Waals surface area contributed by atoms with Gasteiger partial charge in [0.05, 0.1) is 9.80 Å². The molecular formula is C19H22O2S. The summed E-state index contributed by atoms with van der Waals surface area (Å²) in [7, 11) is -3.47. The summed E-state index contributed by atoms with van der Waals surface area (Å²) in [4.78, 5) is 0.839. The third kappa shape index (κ3) is 3.47. The minimum Gasteiger partial charge on any atom is -0.219 e. The molecule has 0 fully saturated rings. The number of sulfone groups is 1. The first kappa shape index (κ1) is 16.5. The molecule has 0 amide bonds. The van der Waals surface area contributed by atoms with Crippen LogP contribution in [0.3, 0.4) is 0 Å². The molecule has 0 aliphatic heterocycles. The average Bonchev–Trinajstić information content (AvgIpc) is 2.53. The standard InChI is InChI=1S/C19H22O2S/c1-4-8-19(16(3)17-9-6-5-7-10-17)22(20,21)18-13-11-15(2)12-14-18/h5-14,16H,4H2,1-3H3/b19-8+/t16-/m1/s1. The normalized spacial score (nSPS) is 13.9. The average molecular weight is 314 g/mol. The van der Waals surface area contributed by atoms with Gasteiger partial charge < -0.3 is 0 Å². The number of benzene rings is 2. The van der Waals surface area contributed by atoms with Crippen molar-refractivity contribution in [1.82, 2.24) is 0 Å². The van der Waals surface area contributed by atoms with E-state index in [2.05, 4.69) is 0 Å². The molecule has 1 atom stereocenters. The molecule has 0 saturated carbocycles. The summed E-state index contributed by atoms with van der Waals surface area (Å²) in [6, 6.07) is 16.8. The van der Waals surface area contributed by atoms with Crippen LogP contribution in [-0.4, -0.2) is 8.42 Å². The van der Waals surface area contributed by atoms with Crippen LogP contribution in [0.4, 0.5) is 0 Å². The maximum absolute atomic E-state index is 13.0. The predicted molar refractivity (Wildman–Crippen MR) is 91.6 cm³/mol. The first-order valence-corrected chi connectivity index (χ1v) is 9.02. The number of aryl methyl sites for hydroxylation is 1. The minimum atomic E-state index is -3.47. The number of allylic oxidation sites excluding steroid dienone is 2. The van der Waals surface area contributed by atoms with Crippen LogP contribution in [0.5, 0.6) is 0 Å². The summed E-state index contributed by atoms with van der Waals surface area (Å²) in [6.07, 6.45) is 2.52. The zero-order chi connectivity index (χ0) is 16.2. The van der Waals surface area contributed by atoms with E-state index in [0.717, 1.165) is 11.1 Å². The zero-order valence-electron chi connectivity index (χ0n) is 13.3. The van der Waals surface area contributed by atoms with Crippen molar-refractivity contribution < 1.29 is 8.42 Å². The van der Waals surface area contributed by atoms with E-state index < -0.39 is 9.84 Å². The van der Waals surface area contributed by atoms with Gasteiger partial charge in [0.15, 0.2) is 0 Å². The monoisotopic (exact) mass is 314 g/mol. The van der Waals surface area contributed by atoms with Crippen molar-refractivity contribution in [2.45, 2.75) is 38.0 Å². The van der Waals surface area contributed by atoms with Crippen LogP contribution in [0.15, 0.2) is 70.5 Å². The van der Waals surface area contributed by atoms with Gasteiger partial charge in [0.2, 0.25) is 9.84 Å². The van der Waals surface area contributed by atoms with Crippen molar-refractivity contribution >= 4 is 9.84 Å². The highest BCUT2D eigenvalue weighted by atomic mass is 32.2. The molecule has 2 rings (SSSR count). The van der Waals surface area contributed by atoms with E-state index in [0.29, 0.717) is 16.2 Å². The van der Waals surface area contributed by atoms with Gasteiger partial charge in [0, 0.05) is 5.92 Å². The molecule has 0 bridgehead atoms. The number of hydrogen-bond acceptors (Lipinski definition) is 2. The fourth-order valence-electron chi connectivity index (χ4n) is 2.48. The van der Waals surface area contributed by atoms with Gasteiger partial charge in [-0.3, -0.25) is 0 Å². The fourth-order valence-corrected chi connectivity index (χ4v) is 4.23. The van der Waals surface area contributed by atoms with Gasteiger partial charge in [-0.15, -0.1) is 0 Å². The van der Waals surface area contributed by atoms with E-state index in [-0.39, 0.29) is 5.92 Å². The molecule has 0 radical (unpaired) electrons. The van der Waals surface area contributed by atoms with Gasteiger partial charge in [-0.05, 0) is 31.0 Å². The Morgan fingerprint density at radius 3 is 2.18 bits per heavy atom. The summed E-state index contributed by atoms with van der Waals surface area (Å²) >= 11 is 0. The SMILES string of the molecule is CC/C=C(\[C@H](C)c1ccccc1)S(=O)(=O)c1ccc(C)cc1. The van der Waals surface area contributed by atoms with Crippen LogP contribution in [0, 0.1) is 6.92 Å². The minimum absolute atomic E-state index is 0.160. The third-order valence-corrected chi connectivity index (χ3v) is 5.81. The topological polar surface area (TPSA) is 34.1 Å². The van der Waals surface area contributed by atoms with Gasteiger partial charge in [0.1, 0.15) is 0 Å². The van der Waals surface area contributed by atoms with Gasteiger partial charge in [-0.25, -0.2) is 8.42 Å². The number of rotatable bonds is 5. The summed E-state index contributed by atoms with van der Waals surface area (Å²) in [6.45, 7) is 5.86. The van der Waals surface area contributed by atoms with Crippen molar-refractivity contribution in [1.29, 1.82) is 0 Å². The summed E-state index contributed by atoms with van der Waals surface area (Å²) in [5.41, 5.74) is 2.06. The Balaban J connectivity index is 2.48. The third-order valence-electron chi connectivity index (χ3n) is 3.77. The molecule has 0 N–H and O–H groups in total. The lowest BCUT2D eigenvalue weighted by atomic mass is 10.0. The van der Waals surface area contributed by atoms with Gasteiger partial charge >= 0.3 is 0 Å². The Bertz CT molecular complexity index is 742. The first-order chi connectivity index (χ1) is 10.5. The summed E-state index contributed by atoms with van der Waals surface area (Å²) < 4.78 is 26.0. The van der Waals surface area contributed by atoms with Crippen molar-refractivity contribution in [2.24, 2.45) is 0 Å². The highest BCUT2D eigenvalue weighted by Crippen LogP contribution is 2.32. The molecule has 0 spiro atoms. The van der Waals surface area contributed by atoms with Crippen molar-refractivity contribution in [3.63, 3.8) is 0 Å². The molecule has 0 aliphatic carbocycles. The highest BCUT2D eigenvalue weighted by molar-refractivity contribution is 7.95. The van der Waals surface area contributed by atoms with Crippen molar-refractivity contribution in [2.75, 3.05) is 0 Å². The second kappa shape index (κ2) is 6.93. The largest absolute Gasteiger partial charge is 0.219 e. The molecule has 0 aromatic heterocycles. The van der Waals surface area contributed by atoms with Gasteiger partial charge in [-0.1, -0.05) is 68.0 Å². The lowest BCUT2D eigenvalue weighted by molar-refractivity contribution is 0.598. The molecule has 22 heavy (non-hydrogen) atoms. The molecule has 3 heteroatoms. The second-order valence-corrected chi connectivity index (χ2v) is 7.41. The van der Waals surface area contributed by atoms with Crippen molar-refractivity contribution in [3.05, 3.63) is 76.7 Å². The van der Waals surface area contributed by atoms with Gasteiger partial charge in [0.25, 0.3) is 0 Å². The Kier molecular flexibility index (Phi) is 5.19. The van der Waals surface area contributed by atoms with Crippen LogP contribution in [-0.2, 0) is 9.84 Å². The Hall–Kier alpha value is -1.87. The molecule has 0 unspecified atom stereocenters.